The van der Waals surface area contributed by atoms with Gasteiger partial charge in [0.2, 0.25) is 11.8 Å². The second kappa shape index (κ2) is 5.68. The minimum atomic E-state index is -0.995. The topological polar surface area (TPSA) is 95.5 Å². The smallest absolute Gasteiger partial charge is 0.307 e. The fraction of sp³-hybridized carbons (Fsp3) is 0.389. The van der Waals surface area contributed by atoms with Crippen LogP contribution >= 0.6 is 0 Å². The van der Waals surface area contributed by atoms with E-state index in [-0.39, 0.29) is 23.4 Å². The van der Waals surface area contributed by atoms with E-state index in [1.807, 2.05) is 12.2 Å². The Kier molecular flexibility index (Phi) is 3.59. The molecule has 2 aliphatic carbocycles. The number of carbonyl (C=O) groups is 3. The van der Waals surface area contributed by atoms with Crippen molar-refractivity contribution in [3.63, 3.8) is 0 Å². The van der Waals surface area contributed by atoms with Gasteiger partial charge in [0.25, 0.3) is 0 Å². The first kappa shape index (κ1) is 15.8. The highest BCUT2D eigenvalue weighted by Crippen LogP contribution is 2.48. The number of aryl methyl sites for hydroxylation is 1. The molecule has 1 aromatic rings. The molecule has 3 aliphatic rings. The van der Waals surface area contributed by atoms with E-state index in [0.717, 1.165) is 5.56 Å². The zero-order valence-electron chi connectivity index (χ0n) is 13.3. The zero-order chi connectivity index (χ0) is 17.7. The van der Waals surface area contributed by atoms with Crippen LogP contribution in [0.3, 0.4) is 0 Å². The molecule has 1 saturated carbocycles. The number of carboxylic acids is 1. The molecule has 1 aliphatic heterocycles. The third-order valence-electron chi connectivity index (χ3n) is 5.39. The molecule has 4 atom stereocenters. The minimum Gasteiger partial charge on any atom is -0.481 e. The van der Waals surface area contributed by atoms with Gasteiger partial charge >= 0.3 is 5.97 Å². The molecule has 0 spiro atoms. The average molecular weight is 344 g/mol. The maximum atomic E-state index is 14.3. The first-order valence-electron chi connectivity index (χ1n) is 8.28. The third-order valence-corrected chi connectivity index (χ3v) is 5.39. The van der Waals surface area contributed by atoms with Crippen LogP contribution in [0.5, 0.6) is 0 Å². The minimum absolute atomic E-state index is 0.0239. The molecule has 3 N–H and O–H groups in total. The van der Waals surface area contributed by atoms with Crippen molar-refractivity contribution in [2.75, 3.05) is 10.6 Å². The van der Waals surface area contributed by atoms with Crippen molar-refractivity contribution in [2.45, 2.75) is 19.3 Å². The molecule has 4 unspecified atom stereocenters. The number of amides is 2. The Morgan fingerprint density at radius 2 is 1.88 bits per heavy atom. The number of rotatable bonds is 3. The number of hydrogen-bond acceptors (Lipinski definition) is 3. The fourth-order valence-corrected chi connectivity index (χ4v) is 4.23. The molecule has 25 heavy (non-hydrogen) atoms. The van der Waals surface area contributed by atoms with Crippen molar-refractivity contribution in [3.8, 4) is 0 Å². The van der Waals surface area contributed by atoms with Crippen LogP contribution in [0.4, 0.5) is 15.8 Å². The van der Waals surface area contributed by atoms with Gasteiger partial charge in [0.1, 0.15) is 5.82 Å². The predicted octanol–water partition coefficient (Wildman–Crippen LogP) is 2.17. The number of fused-ring (bicyclic) bond motifs is 3. The number of allylic oxidation sites excluding steroid dienone is 2. The highest BCUT2D eigenvalue weighted by Gasteiger charge is 2.51. The third kappa shape index (κ3) is 2.59. The average Bonchev–Trinajstić information content (AvgIpc) is 3.16. The molecule has 2 bridgehead atoms. The summed E-state index contributed by atoms with van der Waals surface area (Å²) in [5, 5.41) is 14.6. The van der Waals surface area contributed by atoms with E-state index >= 15 is 0 Å². The lowest BCUT2D eigenvalue weighted by atomic mass is 9.82. The van der Waals surface area contributed by atoms with Gasteiger partial charge in [0.15, 0.2) is 0 Å². The summed E-state index contributed by atoms with van der Waals surface area (Å²) in [4.78, 5) is 35.5. The number of hydrogen-bond donors (Lipinski definition) is 3. The Labute approximate surface area is 143 Å². The molecule has 6 nitrogen and oxygen atoms in total. The summed E-state index contributed by atoms with van der Waals surface area (Å²) in [5.74, 6) is -4.00. The number of carbonyl (C=O) groups excluding carboxylic acids is 2. The summed E-state index contributed by atoms with van der Waals surface area (Å²) in [7, 11) is 0. The summed E-state index contributed by atoms with van der Waals surface area (Å²) in [6.07, 6.45) is 5.17. The van der Waals surface area contributed by atoms with Crippen LogP contribution in [-0.2, 0) is 20.8 Å². The molecular weight excluding hydrogens is 327 g/mol. The zero-order valence-corrected chi connectivity index (χ0v) is 13.3. The maximum Gasteiger partial charge on any atom is 0.307 e. The van der Waals surface area contributed by atoms with Gasteiger partial charge < -0.3 is 15.7 Å². The van der Waals surface area contributed by atoms with Gasteiger partial charge in [0.05, 0.1) is 17.5 Å². The van der Waals surface area contributed by atoms with Crippen LogP contribution in [0.25, 0.3) is 0 Å². The predicted molar refractivity (Wildman–Crippen MR) is 87.3 cm³/mol. The van der Waals surface area contributed by atoms with Crippen molar-refractivity contribution < 1.29 is 23.9 Å². The van der Waals surface area contributed by atoms with E-state index in [4.69, 9.17) is 0 Å². The fourth-order valence-electron chi connectivity index (χ4n) is 4.23. The first-order chi connectivity index (χ1) is 11.9. The summed E-state index contributed by atoms with van der Waals surface area (Å²) >= 11 is 0. The molecular formula is C18H17FN2O4. The molecule has 1 fully saturated rings. The molecule has 0 saturated heterocycles. The largest absolute Gasteiger partial charge is 0.481 e. The van der Waals surface area contributed by atoms with Crippen LogP contribution in [0.1, 0.15) is 18.4 Å². The highest BCUT2D eigenvalue weighted by atomic mass is 19.1. The Morgan fingerprint density at radius 3 is 2.60 bits per heavy atom. The maximum absolute atomic E-state index is 14.3. The van der Waals surface area contributed by atoms with Crippen LogP contribution < -0.4 is 10.6 Å². The molecule has 1 heterocycles. The van der Waals surface area contributed by atoms with Gasteiger partial charge in [-0.2, -0.15) is 0 Å². The van der Waals surface area contributed by atoms with E-state index in [0.29, 0.717) is 24.9 Å². The Hall–Kier alpha value is -2.70. The number of aliphatic carboxylic acids is 1. The molecule has 4 rings (SSSR count). The van der Waals surface area contributed by atoms with Gasteiger partial charge in [-0.25, -0.2) is 4.39 Å². The standard InChI is InChI=1S/C18H17FN2O4/c19-11-7-12-8(3-4-14(22)20-12)6-13(11)21-17(23)15-9-1-2-10(5-9)16(15)18(24)25/h1-2,6-7,9-10,15-16H,3-5H2,(H,20,22)(H,21,23)(H,24,25). The van der Waals surface area contributed by atoms with E-state index in [1.165, 1.54) is 12.1 Å². The van der Waals surface area contributed by atoms with E-state index < -0.39 is 29.5 Å². The van der Waals surface area contributed by atoms with Crippen molar-refractivity contribution in [2.24, 2.45) is 23.7 Å². The lowest BCUT2D eigenvalue weighted by molar-refractivity contribution is -0.146. The summed E-state index contributed by atoms with van der Waals surface area (Å²) < 4.78 is 14.3. The molecule has 0 aromatic heterocycles. The Balaban J connectivity index is 1.58. The van der Waals surface area contributed by atoms with Crippen LogP contribution in [0.2, 0.25) is 0 Å². The normalized spacial score (nSPS) is 29.2. The summed E-state index contributed by atoms with van der Waals surface area (Å²) in [5.41, 5.74) is 1.19. The monoisotopic (exact) mass is 344 g/mol. The molecule has 2 amide bonds. The van der Waals surface area contributed by atoms with Gasteiger partial charge in [0, 0.05) is 12.1 Å². The van der Waals surface area contributed by atoms with E-state index in [9.17, 15) is 23.9 Å². The number of benzene rings is 1. The first-order valence-corrected chi connectivity index (χ1v) is 8.28. The molecule has 7 heteroatoms. The van der Waals surface area contributed by atoms with E-state index in [2.05, 4.69) is 10.6 Å². The number of halogens is 1. The van der Waals surface area contributed by atoms with Gasteiger partial charge in [-0.3, -0.25) is 14.4 Å². The molecule has 130 valence electrons. The van der Waals surface area contributed by atoms with Crippen molar-refractivity contribution >= 4 is 29.2 Å². The molecule has 0 radical (unpaired) electrons. The van der Waals surface area contributed by atoms with Gasteiger partial charge in [-0.1, -0.05) is 12.2 Å². The van der Waals surface area contributed by atoms with Crippen LogP contribution in [0.15, 0.2) is 24.3 Å². The second-order valence-electron chi connectivity index (χ2n) is 6.86. The van der Waals surface area contributed by atoms with E-state index in [1.54, 1.807) is 0 Å². The highest BCUT2D eigenvalue weighted by molar-refractivity contribution is 5.98. The number of anilines is 2. The number of nitrogens with one attached hydrogen (secondary N) is 2. The summed E-state index contributed by atoms with van der Waals surface area (Å²) in [6.45, 7) is 0. The van der Waals surface area contributed by atoms with Crippen molar-refractivity contribution in [1.29, 1.82) is 0 Å². The lowest BCUT2D eigenvalue weighted by Crippen LogP contribution is -2.36. The lowest BCUT2D eigenvalue weighted by Gasteiger charge is -2.24. The van der Waals surface area contributed by atoms with Crippen molar-refractivity contribution in [3.05, 3.63) is 35.7 Å². The Morgan fingerprint density at radius 1 is 1.16 bits per heavy atom. The van der Waals surface area contributed by atoms with Gasteiger partial charge in [-0.05, 0) is 42.4 Å². The second-order valence-corrected chi connectivity index (χ2v) is 6.86. The van der Waals surface area contributed by atoms with Crippen molar-refractivity contribution in [1.82, 2.24) is 0 Å². The SMILES string of the molecule is O=C1CCc2cc(NC(=O)C3C4C=CC(C4)C3C(=O)O)c(F)cc2N1. The quantitative estimate of drug-likeness (QED) is 0.732. The summed E-state index contributed by atoms with van der Waals surface area (Å²) in [6, 6.07) is 2.71. The molecule has 1 aromatic carbocycles. The van der Waals surface area contributed by atoms with Gasteiger partial charge in [-0.15, -0.1) is 0 Å². The van der Waals surface area contributed by atoms with Crippen LogP contribution in [0, 0.1) is 29.5 Å². The number of carboxylic acid groups (broad SMARTS) is 1. The van der Waals surface area contributed by atoms with Crippen LogP contribution in [-0.4, -0.2) is 22.9 Å². The Bertz CT molecular complexity index is 820.